The molecule has 3 rings (SSSR count). The molecule has 0 aliphatic carbocycles. The van der Waals surface area contributed by atoms with E-state index < -0.39 is 11.6 Å². The average Bonchev–Trinajstić information content (AvgIpc) is 2.93. The van der Waals surface area contributed by atoms with E-state index in [9.17, 15) is 8.78 Å². The van der Waals surface area contributed by atoms with Crippen LogP contribution < -0.4 is 4.74 Å². The summed E-state index contributed by atoms with van der Waals surface area (Å²) in [7, 11) is 0. The molecule has 1 aromatic carbocycles. The topological polar surface area (TPSA) is 25.4 Å². The number of hydrogen-bond donors (Lipinski definition) is 0. The quantitative estimate of drug-likeness (QED) is 0.821. The summed E-state index contributed by atoms with van der Waals surface area (Å²) in [5, 5.41) is 0. The fourth-order valence-electron chi connectivity index (χ4n) is 2.57. The number of aromatic nitrogens is 1. The van der Waals surface area contributed by atoms with Crippen LogP contribution in [0.1, 0.15) is 12.0 Å². The van der Waals surface area contributed by atoms with Crippen molar-refractivity contribution in [1.82, 2.24) is 9.88 Å². The maximum Gasteiger partial charge on any atom is 0.159 e. The summed E-state index contributed by atoms with van der Waals surface area (Å²) in [6.45, 7) is 2.22. The lowest BCUT2D eigenvalue weighted by Gasteiger charge is -2.17. The first kappa shape index (κ1) is 15.4. The SMILES string of the molecule is Fc1ccc(CN2CCC(Oc3ccncc3Br)C2)cc1F. The summed E-state index contributed by atoms with van der Waals surface area (Å²) >= 11 is 3.41. The van der Waals surface area contributed by atoms with Gasteiger partial charge in [0.25, 0.3) is 0 Å². The molecule has 0 amide bonds. The van der Waals surface area contributed by atoms with Gasteiger partial charge in [0.1, 0.15) is 11.9 Å². The molecule has 2 heterocycles. The molecule has 6 heteroatoms. The number of nitrogens with zero attached hydrogens (tertiary/aromatic N) is 2. The van der Waals surface area contributed by atoms with Crippen molar-refractivity contribution in [1.29, 1.82) is 0 Å². The summed E-state index contributed by atoms with van der Waals surface area (Å²) in [6.07, 6.45) is 4.37. The predicted molar refractivity (Wildman–Crippen MR) is 82.6 cm³/mol. The molecule has 1 atom stereocenters. The van der Waals surface area contributed by atoms with Gasteiger partial charge in [0.05, 0.1) is 4.47 Å². The summed E-state index contributed by atoms with van der Waals surface area (Å²) in [5.41, 5.74) is 0.768. The number of rotatable bonds is 4. The second-order valence-corrected chi connectivity index (χ2v) is 6.17. The van der Waals surface area contributed by atoms with Gasteiger partial charge >= 0.3 is 0 Å². The largest absolute Gasteiger partial charge is 0.488 e. The van der Waals surface area contributed by atoms with E-state index in [1.165, 1.54) is 12.1 Å². The van der Waals surface area contributed by atoms with Crippen LogP contribution in [-0.4, -0.2) is 29.1 Å². The molecule has 1 aliphatic heterocycles. The number of pyridine rings is 1. The second kappa shape index (κ2) is 6.71. The van der Waals surface area contributed by atoms with E-state index in [0.717, 1.165) is 35.3 Å². The summed E-state index contributed by atoms with van der Waals surface area (Å²) in [5.74, 6) is -0.839. The highest BCUT2D eigenvalue weighted by molar-refractivity contribution is 9.10. The number of hydrogen-bond acceptors (Lipinski definition) is 3. The highest BCUT2D eigenvalue weighted by Crippen LogP contribution is 2.26. The third-order valence-corrected chi connectivity index (χ3v) is 4.24. The number of benzene rings is 1. The van der Waals surface area contributed by atoms with Crippen LogP contribution in [-0.2, 0) is 6.54 Å². The van der Waals surface area contributed by atoms with E-state index in [2.05, 4.69) is 25.8 Å². The molecule has 3 nitrogen and oxygen atoms in total. The van der Waals surface area contributed by atoms with E-state index in [1.807, 2.05) is 6.07 Å². The second-order valence-electron chi connectivity index (χ2n) is 5.32. The van der Waals surface area contributed by atoms with Crippen LogP contribution in [0.2, 0.25) is 0 Å². The lowest BCUT2D eigenvalue weighted by molar-refractivity contribution is 0.197. The smallest absolute Gasteiger partial charge is 0.159 e. The Hall–Kier alpha value is -1.53. The molecule has 2 aromatic rings. The number of ether oxygens (including phenoxy) is 1. The highest BCUT2D eigenvalue weighted by Gasteiger charge is 2.24. The minimum Gasteiger partial charge on any atom is -0.488 e. The summed E-state index contributed by atoms with van der Waals surface area (Å²) < 4.78 is 33.0. The van der Waals surface area contributed by atoms with Gasteiger partial charge in [-0.1, -0.05) is 6.07 Å². The number of likely N-dealkylation sites (tertiary alicyclic amines) is 1. The Kier molecular flexibility index (Phi) is 4.69. The lowest BCUT2D eigenvalue weighted by Crippen LogP contribution is -2.24. The molecule has 0 bridgehead atoms. The van der Waals surface area contributed by atoms with Crippen molar-refractivity contribution in [3.63, 3.8) is 0 Å². The first-order valence-corrected chi connectivity index (χ1v) is 7.83. The van der Waals surface area contributed by atoms with Crippen LogP contribution in [0.5, 0.6) is 5.75 Å². The van der Waals surface area contributed by atoms with Crippen LogP contribution in [0.25, 0.3) is 0 Å². The van der Waals surface area contributed by atoms with Crippen LogP contribution >= 0.6 is 15.9 Å². The molecule has 22 heavy (non-hydrogen) atoms. The maximum atomic E-state index is 13.2. The molecule has 1 aromatic heterocycles. The van der Waals surface area contributed by atoms with Gasteiger partial charge in [0, 0.05) is 32.0 Å². The molecule has 0 spiro atoms. The predicted octanol–water partition coefficient (Wildman–Crippen LogP) is 3.78. The van der Waals surface area contributed by atoms with Crippen molar-refractivity contribution in [2.75, 3.05) is 13.1 Å². The highest BCUT2D eigenvalue weighted by atomic mass is 79.9. The van der Waals surface area contributed by atoms with Gasteiger partial charge in [-0.05, 0) is 46.1 Å². The zero-order chi connectivity index (χ0) is 15.5. The van der Waals surface area contributed by atoms with Gasteiger partial charge in [-0.25, -0.2) is 8.78 Å². The number of halogens is 3. The third-order valence-electron chi connectivity index (χ3n) is 3.65. The van der Waals surface area contributed by atoms with Crippen LogP contribution in [0, 0.1) is 11.6 Å². The van der Waals surface area contributed by atoms with Gasteiger partial charge in [-0.3, -0.25) is 9.88 Å². The van der Waals surface area contributed by atoms with Crippen molar-refractivity contribution < 1.29 is 13.5 Å². The fourth-order valence-corrected chi connectivity index (χ4v) is 2.91. The molecule has 0 N–H and O–H groups in total. The monoisotopic (exact) mass is 368 g/mol. The Balaban J connectivity index is 1.58. The van der Waals surface area contributed by atoms with E-state index in [1.54, 1.807) is 18.5 Å². The van der Waals surface area contributed by atoms with Gasteiger partial charge in [0.15, 0.2) is 11.6 Å². The van der Waals surface area contributed by atoms with Gasteiger partial charge in [-0.2, -0.15) is 0 Å². The molecule has 1 fully saturated rings. The molecule has 116 valence electrons. The summed E-state index contributed by atoms with van der Waals surface area (Å²) in [4.78, 5) is 6.18. The van der Waals surface area contributed by atoms with E-state index in [4.69, 9.17) is 4.74 Å². The Morgan fingerprint density at radius 3 is 2.91 bits per heavy atom. The minimum absolute atomic E-state index is 0.0870. The van der Waals surface area contributed by atoms with Crippen molar-refractivity contribution in [3.05, 3.63) is 58.3 Å². The van der Waals surface area contributed by atoms with Crippen LogP contribution in [0.3, 0.4) is 0 Å². The first-order valence-electron chi connectivity index (χ1n) is 7.04. The van der Waals surface area contributed by atoms with E-state index in [-0.39, 0.29) is 6.10 Å². The normalized spacial score (nSPS) is 18.6. The van der Waals surface area contributed by atoms with E-state index >= 15 is 0 Å². The van der Waals surface area contributed by atoms with Crippen molar-refractivity contribution >= 4 is 15.9 Å². The zero-order valence-electron chi connectivity index (χ0n) is 11.8. The molecule has 0 saturated carbocycles. The third kappa shape index (κ3) is 3.62. The van der Waals surface area contributed by atoms with Gasteiger partial charge in [-0.15, -0.1) is 0 Å². The van der Waals surface area contributed by atoms with Crippen LogP contribution in [0.15, 0.2) is 41.1 Å². The Morgan fingerprint density at radius 2 is 2.14 bits per heavy atom. The zero-order valence-corrected chi connectivity index (χ0v) is 13.4. The Labute approximate surface area is 136 Å². The molecule has 1 aliphatic rings. The first-order chi connectivity index (χ1) is 10.6. The van der Waals surface area contributed by atoms with Gasteiger partial charge in [0.2, 0.25) is 0 Å². The van der Waals surface area contributed by atoms with E-state index in [0.29, 0.717) is 6.54 Å². The molecular weight excluding hydrogens is 354 g/mol. The molecule has 1 unspecified atom stereocenters. The van der Waals surface area contributed by atoms with Crippen molar-refractivity contribution in [3.8, 4) is 5.75 Å². The molecule has 1 saturated heterocycles. The lowest BCUT2D eigenvalue weighted by atomic mass is 10.2. The fraction of sp³-hybridized carbons (Fsp3) is 0.312. The average molecular weight is 369 g/mol. The summed E-state index contributed by atoms with van der Waals surface area (Å²) in [6, 6.07) is 5.86. The van der Waals surface area contributed by atoms with Crippen molar-refractivity contribution in [2.24, 2.45) is 0 Å². The Bertz CT molecular complexity index is 668. The van der Waals surface area contributed by atoms with Gasteiger partial charge < -0.3 is 4.74 Å². The maximum absolute atomic E-state index is 13.2. The van der Waals surface area contributed by atoms with Crippen LogP contribution in [0.4, 0.5) is 8.78 Å². The molecule has 0 radical (unpaired) electrons. The minimum atomic E-state index is -0.811. The van der Waals surface area contributed by atoms with Crippen molar-refractivity contribution in [2.45, 2.75) is 19.1 Å². The molecular formula is C16H15BrF2N2O. The standard InChI is InChI=1S/C16H15BrF2N2O/c17-13-8-20-5-3-16(13)22-12-4-6-21(10-12)9-11-1-2-14(18)15(19)7-11/h1-3,5,7-8,12H,4,6,9-10H2. The Morgan fingerprint density at radius 1 is 1.27 bits per heavy atom.